The SMILES string of the molecule is C=CCS(=O)(=O)Nc1nc2ccccc2nc1Cl. The van der Waals surface area contributed by atoms with Crippen molar-refractivity contribution in [3.8, 4) is 0 Å². The number of rotatable bonds is 4. The average Bonchev–Trinajstić information content (AvgIpc) is 2.29. The maximum absolute atomic E-state index is 11.6. The smallest absolute Gasteiger partial charge is 0.237 e. The maximum atomic E-state index is 11.6. The van der Waals surface area contributed by atoms with Gasteiger partial charge in [-0.25, -0.2) is 18.4 Å². The number of fused-ring (bicyclic) bond motifs is 1. The van der Waals surface area contributed by atoms with Crippen molar-refractivity contribution in [1.82, 2.24) is 9.97 Å². The Morgan fingerprint density at radius 2 is 1.89 bits per heavy atom. The van der Waals surface area contributed by atoms with Crippen LogP contribution in [0.3, 0.4) is 0 Å². The Kier molecular flexibility index (Phi) is 3.49. The number of halogens is 1. The van der Waals surface area contributed by atoms with E-state index in [1.54, 1.807) is 24.3 Å². The number of nitrogens with one attached hydrogen (secondary N) is 1. The first-order valence-corrected chi connectivity index (χ1v) is 7.08. The zero-order valence-corrected chi connectivity index (χ0v) is 10.9. The van der Waals surface area contributed by atoms with Crippen molar-refractivity contribution in [2.24, 2.45) is 0 Å². The third-order valence-electron chi connectivity index (χ3n) is 2.12. The van der Waals surface area contributed by atoms with Gasteiger partial charge in [0.25, 0.3) is 0 Å². The molecular weight excluding hydrogens is 274 g/mol. The van der Waals surface area contributed by atoms with Crippen LogP contribution in [0.15, 0.2) is 36.9 Å². The minimum atomic E-state index is -3.53. The maximum Gasteiger partial charge on any atom is 0.237 e. The van der Waals surface area contributed by atoms with Crippen molar-refractivity contribution >= 4 is 38.5 Å². The van der Waals surface area contributed by atoms with Gasteiger partial charge in [-0.3, -0.25) is 4.72 Å². The summed E-state index contributed by atoms with van der Waals surface area (Å²) in [6, 6.07) is 7.06. The molecule has 0 spiro atoms. The fourth-order valence-corrected chi connectivity index (χ4v) is 2.45. The van der Waals surface area contributed by atoms with E-state index in [2.05, 4.69) is 21.3 Å². The summed E-state index contributed by atoms with van der Waals surface area (Å²) in [6.45, 7) is 3.37. The molecule has 0 bridgehead atoms. The predicted octanol–water partition coefficient (Wildman–Crippen LogP) is 2.21. The number of hydrogen-bond acceptors (Lipinski definition) is 4. The number of aromatic nitrogens is 2. The molecule has 18 heavy (non-hydrogen) atoms. The first kappa shape index (κ1) is 12.8. The normalized spacial score (nSPS) is 11.4. The van der Waals surface area contributed by atoms with Crippen LogP contribution in [0.2, 0.25) is 5.15 Å². The lowest BCUT2D eigenvalue weighted by molar-refractivity contribution is 0.604. The second kappa shape index (κ2) is 4.91. The van der Waals surface area contributed by atoms with E-state index in [9.17, 15) is 8.42 Å². The van der Waals surface area contributed by atoms with Crippen LogP contribution < -0.4 is 4.72 Å². The summed E-state index contributed by atoms with van der Waals surface area (Å²) in [5.74, 6) is -0.185. The van der Waals surface area contributed by atoms with Crippen LogP contribution in [-0.2, 0) is 10.0 Å². The molecular formula is C11H10ClN3O2S. The second-order valence-corrected chi connectivity index (χ2v) is 5.65. The number of para-hydroxylation sites is 2. The highest BCUT2D eigenvalue weighted by molar-refractivity contribution is 7.92. The van der Waals surface area contributed by atoms with Crippen molar-refractivity contribution in [2.45, 2.75) is 0 Å². The van der Waals surface area contributed by atoms with Crippen LogP contribution in [-0.4, -0.2) is 24.1 Å². The third kappa shape index (κ3) is 2.77. The molecule has 1 N–H and O–H groups in total. The highest BCUT2D eigenvalue weighted by atomic mass is 35.5. The molecule has 0 saturated heterocycles. The molecule has 2 aromatic rings. The lowest BCUT2D eigenvalue weighted by Crippen LogP contribution is -2.16. The van der Waals surface area contributed by atoms with Crippen molar-refractivity contribution in [3.05, 3.63) is 42.1 Å². The standard InChI is InChI=1S/C11H10ClN3O2S/c1-2-7-18(16,17)15-11-10(12)13-8-5-3-4-6-9(8)14-11/h2-6H,1,7H2,(H,14,15). The fraction of sp³-hybridized carbons (Fsp3) is 0.0909. The molecule has 0 radical (unpaired) electrons. The van der Waals surface area contributed by atoms with E-state index in [4.69, 9.17) is 11.6 Å². The first-order chi connectivity index (χ1) is 8.52. The number of benzene rings is 1. The Morgan fingerprint density at radius 3 is 2.50 bits per heavy atom. The molecule has 5 nitrogen and oxygen atoms in total. The van der Waals surface area contributed by atoms with Crippen molar-refractivity contribution in [3.63, 3.8) is 0 Å². The minimum absolute atomic E-state index is 0.0151. The van der Waals surface area contributed by atoms with E-state index in [0.717, 1.165) is 0 Å². The molecule has 0 aliphatic carbocycles. The number of hydrogen-bond donors (Lipinski definition) is 1. The zero-order chi connectivity index (χ0) is 13.2. The van der Waals surface area contributed by atoms with Gasteiger partial charge in [0.15, 0.2) is 11.0 Å². The Balaban J connectivity index is 2.45. The van der Waals surface area contributed by atoms with Gasteiger partial charge in [-0.2, -0.15) is 0 Å². The van der Waals surface area contributed by atoms with Gasteiger partial charge in [0.1, 0.15) is 0 Å². The zero-order valence-electron chi connectivity index (χ0n) is 9.30. The molecule has 7 heteroatoms. The van der Waals surface area contributed by atoms with Gasteiger partial charge in [0.05, 0.1) is 16.8 Å². The monoisotopic (exact) mass is 283 g/mol. The molecule has 0 fully saturated rings. The topological polar surface area (TPSA) is 72.0 Å². The molecule has 1 aromatic heterocycles. The van der Waals surface area contributed by atoms with Gasteiger partial charge < -0.3 is 0 Å². The summed E-state index contributed by atoms with van der Waals surface area (Å²) in [6.07, 6.45) is 1.28. The minimum Gasteiger partial charge on any atom is -0.264 e. The quantitative estimate of drug-likeness (QED) is 0.873. The Bertz CT molecular complexity index is 701. The predicted molar refractivity (Wildman–Crippen MR) is 72.2 cm³/mol. The molecule has 94 valence electrons. The van der Waals surface area contributed by atoms with E-state index in [1.165, 1.54) is 6.08 Å². The van der Waals surface area contributed by atoms with E-state index in [0.29, 0.717) is 11.0 Å². The molecule has 0 aliphatic rings. The molecule has 0 saturated carbocycles. The molecule has 1 aromatic carbocycles. The van der Waals surface area contributed by atoms with Crippen LogP contribution in [0.4, 0.5) is 5.82 Å². The Hall–Kier alpha value is -1.66. The summed E-state index contributed by atoms with van der Waals surface area (Å²) in [5.41, 5.74) is 1.17. The van der Waals surface area contributed by atoms with E-state index in [-0.39, 0.29) is 16.7 Å². The Morgan fingerprint density at radius 1 is 1.28 bits per heavy atom. The fourth-order valence-electron chi connectivity index (χ4n) is 1.39. The number of anilines is 1. The van der Waals surface area contributed by atoms with Crippen LogP contribution in [0, 0.1) is 0 Å². The summed E-state index contributed by atoms with van der Waals surface area (Å²) in [7, 11) is -3.53. The van der Waals surface area contributed by atoms with Gasteiger partial charge in [0.2, 0.25) is 10.0 Å². The first-order valence-electron chi connectivity index (χ1n) is 5.05. The molecule has 0 aliphatic heterocycles. The summed E-state index contributed by atoms with van der Waals surface area (Å²) >= 11 is 5.88. The highest BCUT2D eigenvalue weighted by Crippen LogP contribution is 2.21. The van der Waals surface area contributed by atoms with Crippen LogP contribution in [0.1, 0.15) is 0 Å². The van der Waals surface area contributed by atoms with Crippen molar-refractivity contribution in [2.75, 3.05) is 10.5 Å². The van der Waals surface area contributed by atoms with E-state index < -0.39 is 10.0 Å². The molecule has 0 unspecified atom stereocenters. The molecule has 0 amide bonds. The molecule has 0 atom stereocenters. The van der Waals surface area contributed by atoms with Crippen molar-refractivity contribution < 1.29 is 8.42 Å². The average molecular weight is 284 g/mol. The van der Waals surface area contributed by atoms with Crippen LogP contribution >= 0.6 is 11.6 Å². The molecule has 1 heterocycles. The highest BCUT2D eigenvalue weighted by Gasteiger charge is 2.13. The second-order valence-electron chi connectivity index (χ2n) is 3.52. The Labute approximate surface area is 110 Å². The summed E-state index contributed by atoms with van der Waals surface area (Å²) in [5, 5.41) is 0.0151. The lowest BCUT2D eigenvalue weighted by Gasteiger charge is -2.07. The van der Waals surface area contributed by atoms with Crippen LogP contribution in [0.5, 0.6) is 0 Å². The lowest BCUT2D eigenvalue weighted by atomic mass is 10.3. The van der Waals surface area contributed by atoms with Gasteiger partial charge in [-0.05, 0) is 12.1 Å². The van der Waals surface area contributed by atoms with Crippen molar-refractivity contribution in [1.29, 1.82) is 0 Å². The van der Waals surface area contributed by atoms with Gasteiger partial charge in [-0.1, -0.05) is 29.8 Å². The van der Waals surface area contributed by atoms with Gasteiger partial charge in [-0.15, -0.1) is 6.58 Å². The van der Waals surface area contributed by atoms with E-state index >= 15 is 0 Å². The van der Waals surface area contributed by atoms with E-state index in [1.807, 2.05) is 0 Å². The largest absolute Gasteiger partial charge is 0.264 e. The van der Waals surface area contributed by atoms with Gasteiger partial charge in [0, 0.05) is 0 Å². The summed E-state index contributed by atoms with van der Waals surface area (Å²) in [4.78, 5) is 8.19. The number of nitrogens with zero attached hydrogens (tertiary/aromatic N) is 2. The third-order valence-corrected chi connectivity index (χ3v) is 3.56. The summed E-state index contributed by atoms with van der Waals surface area (Å²) < 4.78 is 25.4. The number of sulfonamides is 1. The molecule has 2 rings (SSSR count). The van der Waals surface area contributed by atoms with Gasteiger partial charge >= 0.3 is 0 Å². The van der Waals surface area contributed by atoms with Crippen LogP contribution in [0.25, 0.3) is 11.0 Å².